The molecule has 1 amide bonds. The maximum absolute atomic E-state index is 12.0. The smallest absolute Gasteiger partial charge is 0.331 e. The number of carbonyl (C=O) groups is 2. The minimum atomic E-state index is -0.655. The molecule has 30 heavy (non-hydrogen) atoms. The van der Waals surface area contributed by atoms with Crippen LogP contribution in [-0.2, 0) is 14.3 Å². The first-order valence-corrected chi connectivity index (χ1v) is 9.42. The SMILES string of the molecule is COc1cc(OC)c(OC)cc1/C=C\C(=O)OCC(=O)Nc1ccc(C(C)C)cc1. The average molecular weight is 413 g/mol. The number of esters is 1. The first-order chi connectivity index (χ1) is 14.4. The first kappa shape index (κ1) is 22.8. The molecule has 2 aromatic rings. The van der Waals surface area contributed by atoms with Crippen LogP contribution in [0.2, 0.25) is 0 Å². The Morgan fingerprint density at radius 2 is 1.53 bits per heavy atom. The van der Waals surface area contributed by atoms with E-state index in [-0.39, 0.29) is 0 Å². The molecule has 7 heteroatoms. The fraction of sp³-hybridized carbons (Fsp3) is 0.304. The van der Waals surface area contributed by atoms with Crippen molar-refractivity contribution in [1.29, 1.82) is 0 Å². The zero-order chi connectivity index (χ0) is 22.1. The minimum absolute atomic E-state index is 0.391. The molecule has 2 aromatic carbocycles. The predicted octanol–water partition coefficient (Wildman–Crippen LogP) is 4.03. The third kappa shape index (κ3) is 6.27. The molecule has 0 aromatic heterocycles. The van der Waals surface area contributed by atoms with Gasteiger partial charge in [-0.15, -0.1) is 0 Å². The molecule has 0 aliphatic carbocycles. The van der Waals surface area contributed by atoms with Crippen LogP contribution in [0.25, 0.3) is 6.08 Å². The summed E-state index contributed by atoms with van der Waals surface area (Å²) in [6.07, 6.45) is 2.74. The third-order valence-electron chi connectivity index (χ3n) is 4.34. The van der Waals surface area contributed by atoms with E-state index < -0.39 is 18.5 Å². The maximum Gasteiger partial charge on any atom is 0.331 e. The van der Waals surface area contributed by atoms with Gasteiger partial charge in [0.2, 0.25) is 0 Å². The first-order valence-electron chi connectivity index (χ1n) is 9.42. The number of rotatable bonds is 9. The standard InChI is InChI=1S/C23H27NO6/c1-15(2)16-6-9-18(10-7-16)24-22(25)14-30-23(26)11-8-17-12-20(28-4)21(29-5)13-19(17)27-3/h6-13,15H,14H2,1-5H3,(H,24,25)/b11-8-. The summed E-state index contributed by atoms with van der Waals surface area (Å²) in [5.74, 6) is 0.835. The maximum atomic E-state index is 12.0. The van der Waals surface area contributed by atoms with E-state index in [0.29, 0.717) is 34.4 Å². The quantitative estimate of drug-likeness (QED) is 0.494. The van der Waals surface area contributed by atoms with E-state index in [4.69, 9.17) is 18.9 Å². The van der Waals surface area contributed by atoms with Crippen LogP contribution in [0.4, 0.5) is 5.69 Å². The van der Waals surface area contributed by atoms with Gasteiger partial charge in [-0.1, -0.05) is 26.0 Å². The Hall–Kier alpha value is -3.48. The number of amides is 1. The lowest BCUT2D eigenvalue weighted by Gasteiger charge is -2.12. The Kier molecular flexibility index (Phi) is 8.29. The summed E-state index contributed by atoms with van der Waals surface area (Å²) in [5, 5.41) is 2.69. The zero-order valence-corrected chi connectivity index (χ0v) is 17.9. The van der Waals surface area contributed by atoms with Crippen LogP contribution in [0.15, 0.2) is 42.5 Å². The van der Waals surface area contributed by atoms with Crippen molar-refractivity contribution in [1.82, 2.24) is 0 Å². The number of ether oxygens (including phenoxy) is 4. The largest absolute Gasteiger partial charge is 0.496 e. The minimum Gasteiger partial charge on any atom is -0.496 e. The molecule has 2 rings (SSSR count). The van der Waals surface area contributed by atoms with Crippen LogP contribution in [0.3, 0.4) is 0 Å². The Labute approximate surface area is 176 Å². The van der Waals surface area contributed by atoms with E-state index in [9.17, 15) is 9.59 Å². The van der Waals surface area contributed by atoms with Gasteiger partial charge in [0.05, 0.1) is 21.3 Å². The highest BCUT2D eigenvalue weighted by Gasteiger charge is 2.11. The highest BCUT2D eigenvalue weighted by atomic mass is 16.5. The summed E-state index contributed by atoms with van der Waals surface area (Å²) in [6.45, 7) is 3.80. The van der Waals surface area contributed by atoms with Crippen LogP contribution < -0.4 is 19.5 Å². The number of anilines is 1. The molecule has 0 unspecified atom stereocenters. The Balaban J connectivity index is 1.93. The van der Waals surface area contributed by atoms with Crippen LogP contribution >= 0.6 is 0 Å². The molecule has 0 saturated heterocycles. The molecule has 0 heterocycles. The van der Waals surface area contributed by atoms with Crippen LogP contribution in [-0.4, -0.2) is 39.8 Å². The highest BCUT2D eigenvalue weighted by Crippen LogP contribution is 2.35. The van der Waals surface area contributed by atoms with Crippen molar-refractivity contribution in [3.8, 4) is 17.2 Å². The van der Waals surface area contributed by atoms with Crippen LogP contribution in [0, 0.1) is 0 Å². The summed E-state index contributed by atoms with van der Waals surface area (Å²) in [6, 6.07) is 10.9. The highest BCUT2D eigenvalue weighted by molar-refractivity contribution is 5.94. The molecule has 1 N–H and O–H groups in total. The second kappa shape index (κ2) is 10.9. The van der Waals surface area contributed by atoms with E-state index in [1.807, 2.05) is 24.3 Å². The molecule has 0 aliphatic heterocycles. The van der Waals surface area contributed by atoms with Crippen molar-refractivity contribution in [3.63, 3.8) is 0 Å². The van der Waals surface area contributed by atoms with E-state index in [2.05, 4.69) is 19.2 Å². The van der Waals surface area contributed by atoms with Crippen molar-refractivity contribution < 1.29 is 28.5 Å². The second-order valence-corrected chi connectivity index (χ2v) is 6.72. The van der Waals surface area contributed by atoms with Crippen LogP contribution in [0.5, 0.6) is 17.2 Å². The number of methoxy groups -OCH3 is 3. The molecule has 0 saturated carbocycles. The number of benzene rings is 2. The molecule has 0 bridgehead atoms. The molecular weight excluding hydrogens is 386 g/mol. The third-order valence-corrected chi connectivity index (χ3v) is 4.34. The average Bonchev–Trinajstić information content (AvgIpc) is 2.75. The van der Waals surface area contributed by atoms with Gasteiger partial charge in [0.25, 0.3) is 5.91 Å². The fourth-order valence-corrected chi connectivity index (χ4v) is 2.67. The summed E-state index contributed by atoms with van der Waals surface area (Å²) < 4.78 is 20.8. The lowest BCUT2D eigenvalue weighted by molar-refractivity contribution is -0.142. The number of nitrogens with one attached hydrogen (secondary N) is 1. The van der Waals surface area contributed by atoms with E-state index in [0.717, 1.165) is 0 Å². The topological polar surface area (TPSA) is 83.1 Å². The number of hydrogen-bond donors (Lipinski definition) is 1. The van der Waals surface area contributed by atoms with Crippen molar-refractivity contribution in [2.24, 2.45) is 0 Å². The molecular formula is C23H27NO6. The predicted molar refractivity (Wildman–Crippen MR) is 115 cm³/mol. The lowest BCUT2D eigenvalue weighted by atomic mass is 10.0. The van der Waals surface area contributed by atoms with Crippen molar-refractivity contribution in [2.75, 3.05) is 33.3 Å². The number of carbonyl (C=O) groups excluding carboxylic acids is 2. The molecule has 0 atom stereocenters. The van der Waals surface area contributed by atoms with Gasteiger partial charge >= 0.3 is 5.97 Å². The normalized spacial score (nSPS) is 10.7. The molecule has 0 aliphatic rings. The van der Waals surface area contributed by atoms with Gasteiger partial charge in [-0.25, -0.2) is 4.79 Å². The van der Waals surface area contributed by atoms with Gasteiger partial charge in [0.15, 0.2) is 18.1 Å². The van der Waals surface area contributed by atoms with Gasteiger partial charge in [-0.2, -0.15) is 0 Å². The zero-order valence-electron chi connectivity index (χ0n) is 17.9. The lowest BCUT2D eigenvalue weighted by Crippen LogP contribution is -2.20. The van der Waals surface area contributed by atoms with Crippen molar-refractivity contribution >= 4 is 23.6 Å². The van der Waals surface area contributed by atoms with Gasteiger partial charge in [0, 0.05) is 23.4 Å². The second-order valence-electron chi connectivity index (χ2n) is 6.72. The Morgan fingerprint density at radius 3 is 2.10 bits per heavy atom. The summed E-state index contributed by atoms with van der Waals surface area (Å²) >= 11 is 0. The molecule has 160 valence electrons. The Bertz CT molecular complexity index is 903. The molecule has 0 spiro atoms. The fourth-order valence-electron chi connectivity index (χ4n) is 2.67. The summed E-state index contributed by atoms with van der Waals surface area (Å²) in [7, 11) is 4.55. The van der Waals surface area contributed by atoms with E-state index in [1.54, 1.807) is 12.1 Å². The van der Waals surface area contributed by atoms with E-state index >= 15 is 0 Å². The van der Waals surface area contributed by atoms with Gasteiger partial charge in [0.1, 0.15) is 5.75 Å². The number of hydrogen-bond acceptors (Lipinski definition) is 6. The molecule has 7 nitrogen and oxygen atoms in total. The summed E-state index contributed by atoms with van der Waals surface area (Å²) in [5.41, 5.74) is 2.42. The van der Waals surface area contributed by atoms with E-state index in [1.165, 1.54) is 39.0 Å². The van der Waals surface area contributed by atoms with Crippen LogP contribution in [0.1, 0.15) is 30.9 Å². The van der Waals surface area contributed by atoms with Gasteiger partial charge < -0.3 is 24.3 Å². The molecule has 0 fully saturated rings. The molecule has 0 radical (unpaired) electrons. The monoisotopic (exact) mass is 413 g/mol. The van der Waals surface area contributed by atoms with Crippen molar-refractivity contribution in [2.45, 2.75) is 19.8 Å². The summed E-state index contributed by atoms with van der Waals surface area (Å²) in [4.78, 5) is 24.0. The van der Waals surface area contributed by atoms with Gasteiger partial charge in [-0.05, 0) is 35.8 Å². The Morgan fingerprint density at radius 1 is 0.933 bits per heavy atom. The van der Waals surface area contributed by atoms with Crippen molar-refractivity contribution in [3.05, 3.63) is 53.6 Å². The van der Waals surface area contributed by atoms with Gasteiger partial charge in [-0.3, -0.25) is 4.79 Å².